The first-order valence-corrected chi connectivity index (χ1v) is 5.81. The van der Waals surface area contributed by atoms with Gasteiger partial charge in [0, 0.05) is 13.1 Å². The van der Waals surface area contributed by atoms with Gasteiger partial charge in [-0.25, -0.2) is 0 Å². The average Bonchev–Trinajstić information content (AvgIpc) is 2.19. The van der Waals surface area contributed by atoms with E-state index < -0.39 is 0 Å². The van der Waals surface area contributed by atoms with Gasteiger partial charge in [0.25, 0.3) is 0 Å². The predicted molar refractivity (Wildman–Crippen MR) is 59.4 cm³/mol. The molecule has 84 valence electrons. The van der Waals surface area contributed by atoms with E-state index in [2.05, 4.69) is 17.1 Å². The van der Waals surface area contributed by atoms with Gasteiger partial charge < -0.3 is 15.3 Å². The molecule has 0 aromatic carbocycles. The zero-order valence-electron chi connectivity index (χ0n) is 9.50. The largest absolute Gasteiger partial charge is 0.390 e. The van der Waals surface area contributed by atoms with Crippen LogP contribution in [0.1, 0.15) is 26.2 Å². The summed E-state index contributed by atoms with van der Waals surface area (Å²) in [6.45, 7) is 6.14. The van der Waals surface area contributed by atoms with Crippen LogP contribution in [0.4, 0.5) is 0 Å². The molecule has 1 fully saturated rings. The van der Waals surface area contributed by atoms with Crippen LogP contribution in [0.3, 0.4) is 0 Å². The lowest BCUT2D eigenvalue weighted by atomic mass is 9.94. The molecule has 0 spiro atoms. The van der Waals surface area contributed by atoms with Crippen molar-refractivity contribution < 1.29 is 5.11 Å². The van der Waals surface area contributed by atoms with Crippen LogP contribution >= 0.6 is 0 Å². The Morgan fingerprint density at radius 2 is 2.07 bits per heavy atom. The highest BCUT2D eigenvalue weighted by molar-refractivity contribution is 4.74. The minimum Gasteiger partial charge on any atom is -0.390 e. The van der Waals surface area contributed by atoms with Crippen molar-refractivity contribution in [1.29, 1.82) is 0 Å². The van der Waals surface area contributed by atoms with Crippen molar-refractivity contribution in [1.82, 2.24) is 10.2 Å². The Labute approximate surface area is 87.5 Å². The van der Waals surface area contributed by atoms with Gasteiger partial charge in [-0.3, -0.25) is 0 Å². The molecule has 1 atom stereocenters. The molecule has 0 aliphatic carbocycles. The Balaban J connectivity index is 2.15. The summed E-state index contributed by atoms with van der Waals surface area (Å²) in [6.07, 6.45) is 3.72. The third-order valence-electron chi connectivity index (χ3n) is 3.19. The van der Waals surface area contributed by atoms with Crippen LogP contribution in [0.15, 0.2) is 0 Å². The summed E-state index contributed by atoms with van der Waals surface area (Å²) in [5.41, 5.74) is 0. The maximum atomic E-state index is 9.62. The summed E-state index contributed by atoms with van der Waals surface area (Å²) in [7, 11) is 1.88. The standard InChI is InChI=1S/C11H24N2O/c1-3-10-4-6-13(7-5-10)9-11(14)8-12-2/h10-12,14H,3-9H2,1-2H3. The second-order valence-corrected chi connectivity index (χ2v) is 4.36. The lowest BCUT2D eigenvalue weighted by Gasteiger charge is -2.32. The third-order valence-corrected chi connectivity index (χ3v) is 3.19. The Bertz CT molecular complexity index is 144. The number of hydrogen-bond donors (Lipinski definition) is 2. The van der Waals surface area contributed by atoms with E-state index in [9.17, 15) is 5.11 Å². The van der Waals surface area contributed by atoms with Crippen LogP contribution < -0.4 is 5.32 Å². The molecule has 0 saturated carbocycles. The summed E-state index contributed by atoms with van der Waals surface area (Å²) in [4.78, 5) is 2.38. The molecule has 1 aliphatic rings. The summed E-state index contributed by atoms with van der Waals surface area (Å²) < 4.78 is 0. The second kappa shape index (κ2) is 6.38. The minimum atomic E-state index is -0.210. The maximum absolute atomic E-state index is 9.62. The topological polar surface area (TPSA) is 35.5 Å². The van der Waals surface area contributed by atoms with Crippen molar-refractivity contribution >= 4 is 0 Å². The van der Waals surface area contributed by atoms with Crippen molar-refractivity contribution in [2.75, 3.05) is 33.2 Å². The molecule has 3 nitrogen and oxygen atoms in total. The van der Waals surface area contributed by atoms with Crippen LogP contribution in [0, 0.1) is 5.92 Å². The Morgan fingerprint density at radius 1 is 1.43 bits per heavy atom. The first kappa shape index (κ1) is 12.0. The highest BCUT2D eigenvalue weighted by Gasteiger charge is 2.19. The number of nitrogens with one attached hydrogen (secondary N) is 1. The van der Waals surface area contributed by atoms with Gasteiger partial charge in [0.2, 0.25) is 0 Å². The van der Waals surface area contributed by atoms with Gasteiger partial charge in [0.05, 0.1) is 6.10 Å². The molecule has 1 aliphatic heterocycles. The third kappa shape index (κ3) is 3.95. The second-order valence-electron chi connectivity index (χ2n) is 4.36. The zero-order valence-corrected chi connectivity index (χ0v) is 9.50. The minimum absolute atomic E-state index is 0.210. The summed E-state index contributed by atoms with van der Waals surface area (Å²) in [5, 5.41) is 12.6. The lowest BCUT2D eigenvalue weighted by Crippen LogP contribution is -2.41. The van der Waals surface area contributed by atoms with Gasteiger partial charge in [0.1, 0.15) is 0 Å². The first-order chi connectivity index (χ1) is 6.76. The lowest BCUT2D eigenvalue weighted by molar-refractivity contribution is 0.0894. The van der Waals surface area contributed by atoms with Gasteiger partial charge in [0.15, 0.2) is 0 Å². The fourth-order valence-corrected chi connectivity index (χ4v) is 2.18. The molecule has 3 heteroatoms. The molecule has 1 saturated heterocycles. The van der Waals surface area contributed by atoms with E-state index in [1.807, 2.05) is 7.05 Å². The highest BCUT2D eigenvalue weighted by atomic mass is 16.3. The van der Waals surface area contributed by atoms with Crippen molar-refractivity contribution in [3.05, 3.63) is 0 Å². The van der Waals surface area contributed by atoms with Gasteiger partial charge in [-0.2, -0.15) is 0 Å². The van der Waals surface area contributed by atoms with Gasteiger partial charge in [-0.05, 0) is 38.9 Å². The molecular formula is C11H24N2O. The fourth-order valence-electron chi connectivity index (χ4n) is 2.18. The summed E-state index contributed by atoms with van der Waals surface area (Å²) in [6, 6.07) is 0. The van der Waals surface area contributed by atoms with Crippen molar-refractivity contribution in [3.63, 3.8) is 0 Å². The monoisotopic (exact) mass is 200 g/mol. The predicted octanol–water partition coefficient (Wildman–Crippen LogP) is 0.689. The molecule has 1 unspecified atom stereocenters. The molecule has 0 amide bonds. The Morgan fingerprint density at radius 3 is 2.57 bits per heavy atom. The number of likely N-dealkylation sites (N-methyl/N-ethyl adjacent to an activating group) is 1. The van der Waals surface area contributed by atoms with Crippen LogP contribution in [0.2, 0.25) is 0 Å². The quantitative estimate of drug-likeness (QED) is 0.685. The van der Waals surface area contributed by atoms with Gasteiger partial charge >= 0.3 is 0 Å². The van der Waals surface area contributed by atoms with Gasteiger partial charge in [-0.15, -0.1) is 0 Å². The van der Waals surface area contributed by atoms with E-state index in [0.29, 0.717) is 6.54 Å². The molecule has 1 heterocycles. The molecule has 0 bridgehead atoms. The number of aliphatic hydroxyl groups excluding tert-OH is 1. The van der Waals surface area contributed by atoms with Crippen LogP contribution in [-0.4, -0.2) is 49.3 Å². The van der Waals surface area contributed by atoms with E-state index in [4.69, 9.17) is 0 Å². The van der Waals surface area contributed by atoms with Crippen molar-refractivity contribution in [3.8, 4) is 0 Å². The van der Waals surface area contributed by atoms with Crippen LogP contribution in [-0.2, 0) is 0 Å². The summed E-state index contributed by atoms with van der Waals surface area (Å²) in [5.74, 6) is 0.924. The van der Waals surface area contributed by atoms with E-state index in [0.717, 1.165) is 12.5 Å². The highest BCUT2D eigenvalue weighted by Crippen LogP contribution is 2.19. The first-order valence-electron chi connectivity index (χ1n) is 5.81. The molecule has 0 aromatic heterocycles. The van der Waals surface area contributed by atoms with Crippen molar-refractivity contribution in [2.24, 2.45) is 5.92 Å². The average molecular weight is 200 g/mol. The Hall–Kier alpha value is -0.120. The number of aliphatic hydroxyl groups is 1. The molecule has 0 aromatic rings. The van der Waals surface area contributed by atoms with Crippen LogP contribution in [0.25, 0.3) is 0 Å². The maximum Gasteiger partial charge on any atom is 0.0791 e. The number of piperidine rings is 1. The smallest absolute Gasteiger partial charge is 0.0791 e. The number of hydrogen-bond acceptors (Lipinski definition) is 3. The number of rotatable bonds is 5. The van der Waals surface area contributed by atoms with E-state index in [1.54, 1.807) is 0 Å². The van der Waals surface area contributed by atoms with Gasteiger partial charge in [-0.1, -0.05) is 13.3 Å². The molecule has 1 rings (SSSR count). The number of nitrogens with zero attached hydrogens (tertiary/aromatic N) is 1. The number of β-amino-alcohol motifs (C(OH)–C–C–N with tert-alkyl or cyclic N) is 1. The van der Waals surface area contributed by atoms with Crippen molar-refractivity contribution in [2.45, 2.75) is 32.3 Å². The molecule has 2 N–H and O–H groups in total. The number of likely N-dealkylation sites (tertiary alicyclic amines) is 1. The molecule has 0 radical (unpaired) electrons. The molecule has 14 heavy (non-hydrogen) atoms. The van der Waals surface area contributed by atoms with E-state index >= 15 is 0 Å². The normalized spacial score (nSPS) is 22.5. The Kier molecular flexibility index (Phi) is 5.45. The molecular weight excluding hydrogens is 176 g/mol. The van der Waals surface area contributed by atoms with E-state index in [1.165, 1.54) is 32.4 Å². The zero-order chi connectivity index (χ0) is 10.4. The SMILES string of the molecule is CCC1CCN(CC(O)CNC)CC1. The fraction of sp³-hybridized carbons (Fsp3) is 1.00. The van der Waals surface area contributed by atoms with Crippen LogP contribution in [0.5, 0.6) is 0 Å². The summed E-state index contributed by atoms with van der Waals surface area (Å²) >= 11 is 0. The van der Waals surface area contributed by atoms with E-state index in [-0.39, 0.29) is 6.10 Å².